The highest BCUT2D eigenvalue weighted by molar-refractivity contribution is 9.09. The first-order valence-electron chi connectivity index (χ1n) is 11.6. The molecule has 0 unspecified atom stereocenters. The van der Waals surface area contributed by atoms with Crippen LogP contribution in [0.1, 0.15) is 54.0 Å². The Morgan fingerprint density at radius 1 is 1.15 bits per heavy atom. The van der Waals surface area contributed by atoms with Crippen molar-refractivity contribution in [3.05, 3.63) is 65.1 Å². The van der Waals surface area contributed by atoms with Crippen LogP contribution in [-0.4, -0.2) is 47.1 Å². The van der Waals surface area contributed by atoms with Crippen molar-refractivity contribution in [1.29, 1.82) is 0 Å². The van der Waals surface area contributed by atoms with Crippen LogP contribution < -0.4 is 4.74 Å². The van der Waals surface area contributed by atoms with E-state index in [2.05, 4.69) is 15.9 Å². The number of carbonyl (C=O) groups excluding carboxylic acids is 1. The zero-order chi connectivity index (χ0) is 24.1. The van der Waals surface area contributed by atoms with Gasteiger partial charge in [-0.25, -0.2) is 4.98 Å². The lowest BCUT2D eigenvalue weighted by atomic mass is 9.92. The molecular weight excluding hydrogens is 500 g/mol. The maximum Gasteiger partial charge on any atom is 0.306 e. The van der Waals surface area contributed by atoms with Crippen molar-refractivity contribution in [2.45, 2.75) is 51.4 Å². The van der Waals surface area contributed by atoms with Crippen molar-refractivity contribution in [1.82, 2.24) is 9.38 Å². The lowest BCUT2D eigenvalue weighted by molar-refractivity contribution is -0.173. The number of rotatable bonds is 10. The normalized spacial score (nSPS) is 19.6. The monoisotopic (exact) mass is 530 g/mol. The predicted molar refractivity (Wildman–Crippen MR) is 133 cm³/mol. The summed E-state index contributed by atoms with van der Waals surface area (Å²) in [5, 5.41) is 0.856. The summed E-state index contributed by atoms with van der Waals surface area (Å²) in [6.07, 6.45) is 2.27. The second-order valence-electron chi connectivity index (χ2n) is 8.41. The van der Waals surface area contributed by atoms with Gasteiger partial charge < -0.3 is 23.3 Å². The van der Waals surface area contributed by atoms with Crippen LogP contribution in [0.2, 0.25) is 0 Å². The topological polar surface area (TPSA) is 71.3 Å². The summed E-state index contributed by atoms with van der Waals surface area (Å²) in [7, 11) is 1.63. The first kappa shape index (κ1) is 24.7. The number of aryl methyl sites for hydroxylation is 2. The van der Waals surface area contributed by atoms with Crippen LogP contribution in [0.15, 0.2) is 42.6 Å². The Bertz CT molecular complexity index is 1120. The van der Waals surface area contributed by atoms with Crippen LogP contribution >= 0.6 is 15.9 Å². The van der Waals surface area contributed by atoms with Gasteiger partial charge >= 0.3 is 5.97 Å². The van der Waals surface area contributed by atoms with Gasteiger partial charge in [-0.2, -0.15) is 0 Å². The molecule has 0 radical (unpaired) electrons. The van der Waals surface area contributed by atoms with Crippen LogP contribution in [-0.2, 0) is 19.0 Å². The Kier molecular flexibility index (Phi) is 8.24. The smallest absolute Gasteiger partial charge is 0.306 e. The third-order valence-corrected chi connectivity index (χ3v) is 6.71. The fourth-order valence-electron chi connectivity index (χ4n) is 4.25. The van der Waals surface area contributed by atoms with E-state index in [0.29, 0.717) is 25.4 Å². The number of alkyl halides is 1. The molecule has 4 rings (SSSR count). The zero-order valence-electron chi connectivity index (χ0n) is 19.8. The average molecular weight is 531 g/mol. The molecule has 7 nitrogen and oxygen atoms in total. The number of ether oxygens (including phenoxy) is 4. The Labute approximate surface area is 208 Å². The first-order chi connectivity index (χ1) is 16.5. The zero-order valence-corrected chi connectivity index (χ0v) is 21.4. The molecule has 0 aliphatic carbocycles. The molecule has 3 atom stereocenters. The minimum absolute atomic E-state index is 0.257. The molecule has 0 spiro atoms. The third-order valence-electron chi connectivity index (χ3n) is 6.15. The molecule has 8 heteroatoms. The maximum atomic E-state index is 12.8. The number of methoxy groups -OCH3 is 1. The van der Waals surface area contributed by atoms with E-state index >= 15 is 0 Å². The van der Waals surface area contributed by atoms with Gasteiger partial charge in [-0.3, -0.25) is 4.79 Å². The molecule has 3 aromatic rings. The second-order valence-corrected chi connectivity index (χ2v) is 9.20. The van der Waals surface area contributed by atoms with Gasteiger partial charge in [0.25, 0.3) is 0 Å². The van der Waals surface area contributed by atoms with Gasteiger partial charge in [0.2, 0.25) is 0 Å². The molecule has 0 bridgehead atoms. The molecule has 3 heterocycles. The van der Waals surface area contributed by atoms with E-state index < -0.39 is 18.3 Å². The Morgan fingerprint density at radius 2 is 1.94 bits per heavy atom. The Hall–Kier alpha value is -2.42. The SMILES string of the molecule is COCCO[C@@H]1c2ccn3c(C)c(C)nc3c2O[C@H](c2ccccc2)[C@@H]1OC(=O)CCCCBr. The molecule has 1 aliphatic heterocycles. The summed E-state index contributed by atoms with van der Waals surface area (Å²) < 4.78 is 26.2. The van der Waals surface area contributed by atoms with Gasteiger partial charge in [0.15, 0.2) is 23.6 Å². The number of imidazole rings is 1. The predicted octanol–water partition coefficient (Wildman–Crippen LogP) is 5.27. The van der Waals surface area contributed by atoms with Crippen molar-refractivity contribution >= 4 is 27.5 Å². The van der Waals surface area contributed by atoms with E-state index in [-0.39, 0.29) is 5.97 Å². The lowest BCUT2D eigenvalue weighted by Crippen LogP contribution is -2.40. The number of pyridine rings is 1. The standard InChI is InChI=1S/C26H31BrN2O5/c1-17-18(2)29-14-12-20-23(32-16-15-31-3)25(33-21(30)11-7-8-13-27)22(19-9-5-4-6-10-19)34-24(20)26(29)28-17/h4-6,9-10,12,14,22-23,25H,7-8,11,13,15-16H2,1-3H3/t22-,23-,25+/m1/s1. The fraction of sp³-hybridized carbons (Fsp3) is 0.462. The highest BCUT2D eigenvalue weighted by atomic mass is 79.9. The number of hydrogen-bond donors (Lipinski definition) is 0. The van der Waals surface area contributed by atoms with Crippen LogP contribution in [0.3, 0.4) is 0 Å². The van der Waals surface area contributed by atoms with E-state index in [1.165, 1.54) is 0 Å². The highest BCUT2D eigenvalue weighted by Crippen LogP contribution is 2.46. The maximum absolute atomic E-state index is 12.8. The minimum Gasteiger partial charge on any atom is -0.477 e. The van der Waals surface area contributed by atoms with Crippen LogP contribution in [0, 0.1) is 13.8 Å². The summed E-state index contributed by atoms with van der Waals surface area (Å²) >= 11 is 3.42. The molecule has 34 heavy (non-hydrogen) atoms. The van der Waals surface area contributed by atoms with Crippen molar-refractivity contribution in [2.24, 2.45) is 0 Å². The third kappa shape index (κ3) is 5.14. The van der Waals surface area contributed by atoms with E-state index in [0.717, 1.165) is 46.3 Å². The molecule has 0 saturated heterocycles. The molecule has 182 valence electrons. The minimum atomic E-state index is -0.650. The van der Waals surface area contributed by atoms with Gasteiger partial charge in [0, 0.05) is 36.3 Å². The molecular formula is C26H31BrN2O5. The number of carbonyl (C=O) groups is 1. The molecule has 0 saturated carbocycles. The van der Waals surface area contributed by atoms with Crippen LogP contribution in [0.4, 0.5) is 0 Å². The van der Waals surface area contributed by atoms with E-state index in [9.17, 15) is 4.79 Å². The van der Waals surface area contributed by atoms with Crippen molar-refractivity contribution in [3.63, 3.8) is 0 Å². The molecule has 1 aliphatic rings. The number of benzene rings is 1. The quantitative estimate of drug-likeness (QED) is 0.202. The highest BCUT2D eigenvalue weighted by Gasteiger charge is 2.44. The van der Waals surface area contributed by atoms with Gasteiger partial charge in [0.1, 0.15) is 6.10 Å². The number of esters is 1. The number of nitrogens with zero attached hydrogens (tertiary/aromatic N) is 2. The number of hydrogen-bond acceptors (Lipinski definition) is 6. The number of aromatic nitrogens is 2. The van der Waals surface area contributed by atoms with Crippen molar-refractivity contribution in [2.75, 3.05) is 25.7 Å². The van der Waals surface area contributed by atoms with Gasteiger partial charge in [-0.15, -0.1) is 0 Å². The van der Waals surface area contributed by atoms with Crippen molar-refractivity contribution in [3.8, 4) is 5.75 Å². The molecule has 0 fully saturated rings. The average Bonchev–Trinajstić information content (AvgIpc) is 3.14. The fourth-order valence-corrected chi connectivity index (χ4v) is 4.64. The lowest BCUT2D eigenvalue weighted by Gasteiger charge is -2.39. The van der Waals surface area contributed by atoms with Crippen LogP contribution in [0.25, 0.3) is 5.65 Å². The number of unbranched alkanes of at least 4 members (excludes halogenated alkanes) is 1. The molecule has 1 aromatic carbocycles. The summed E-state index contributed by atoms with van der Waals surface area (Å²) in [6.45, 7) is 4.80. The van der Waals surface area contributed by atoms with Gasteiger partial charge in [0.05, 0.1) is 18.9 Å². The van der Waals surface area contributed by atoms with Gasteiger partial charge in [-0.1, -0.05) is 46.3 Å². The first-order valence-corrected chi connectivity index (χ1v) is 12.7. The molecule has 0 N–H and O–H groups in total. The van der Waals surface area contributed by atoms with Crippen LogP contribution in [0.5, 0.6) is 5.75 Å². The summed E-state index contributed by atoms with van der Waals surface area (Å²) in [6, 6.07) is 11.8. The van der Waals surface area contributed by atoms with Crippen molar-refractivity contribution < 1.29 is 23.7 Å². The Morgan fingerprint density at radius 3 is 2.68 bits per heavy atom. The van der Waals surface area contributed by atoms with E-state index in [4.69, 9.17) is 23.9 Å². The van der Waals surface area contributed by atoms with Gasteiger partial charge in [-0.05, 0) is 38.3 Å². The molecule has 2 aromatic heterocycles. The summed E-state index contributed by atoms with van der Waals surface area (Å²) in [5.74, 6) is 0.398. The van der Waals surface area contributed by atoms with E-state index in [1.54, 1.807) is 7.11 Å². The number of fused-ring (bicyclic) bond motifs is 3. The summed E-state index contributed by atoms with van der Waals surface area (Å²) in [4.78, 5) is 17.6. The van der Waals surface area contributed by atoms with E-state index in [1.807, 2.05) is 60.8 Å². The Balaban J connectivity index is 1.78. The number of halogens is 1. The second kappa shape index (κ2) is 11.3. The summed E-state index contributed by atoms with van der Waals surface area (Å²) in [5.41, 5.74) is 4.45. The molecule has 0 amide bonds. The largest absolute Gasteiger partial charge is 0.477 e.